The van der Waals surface area contributed by atoms with Gasteiger partial charge in [0.2, 0.25) is 0 Å². The Hall–Kier alpha value is -2.70. The molecule has 2 aliphatic rings. The van der Waals surface area contributed by atoms with E-state index in [2.05, 4.69) is 11.8 Å². The highest BCUT2D eigenvalue weighted by Crippen LogP contribution is 2.31. The van der Waals surface area contributed by atoms with E-state index in [9.17, 15) is 14.7 Å². The van der Waals surface area contributed by atoms with Gasteiger partial charge in [-0.1, -0.05) is 43.3 Å². The number of aromatic carboxylic acids is 1. The number of fused-ring (bicyclic) bond motifs is 1. The first-order chi connectivity index (χ1) is 14.1. The molecule has 2 aliphatic heterocycles. The molecule has 6 nitrogen and oxygen atoms in total. The van der Waals surface area contributed by atoms with Gasteiger partial charge in [-0.25, -0.2) is 4.79 Å². The summed E-state index contributed by atoms with van der Waals surface area (Å²) in [5.41, 5.74) is 1.95. The van der Waals surface area contributed by atoms with Crippen molar-refractivity contribution in [1.29, 1.82) is 0 Å². The fourth-order valence-corrected chi connectivity index (χ4v) is 4.44. The Balaban J connectivity index is 1.71. The normalized spacial score (nSPS) is 22.2. The van der Waals surface area contributed by atoms with Crippen molar-refractivity contribution in [3.63, 3.8) is 0 Å². The third-order valence-electron chi connectivity index (χ3n) is 5.98. The SMILES string of the molecule is CCN1CC[C@H]2OCCN(C(=O)c3ccccc3-c3ccccc3C(=O)O)[C@H]2C1. The second kappa shape index (κ2) is 8.35. The minimum absolute atomic E-state index is 0.0210. The van der Waals surface area contributed by atoms with Gasteiger partial charge in [0.05, 0.1) is 24.3 Å². The molecule has 152 valence electrons. The van der Waals surface area contributed by atoms with Crippen LogP contribution in [0.2, 0.25) is 0 Å². The van der Waals surface area contributed by atoms with Crippen molar-refractivity contribution < 1.29 is 19.4 Å². The molecule has 0 spiro atoms. The van der Waals surface area contributed by atoms with Crippen LogP contribution in [0.15, 0.2) is 48.5 Å². The highest BCUT2D eigenvalue weighted by atomic mass is 16.5. The van der Waals surface area contributed by atoms with Crippen molar-refractivity contribution >= 4 is 11.9 Å². The minimum atomic E-state index is -1.000. The third-order valence-corrected chi connectivity index (χ3v) is 5.98. The van der Waals surface area contributed by atoms with Crippen LogP contribution in [0, 0.1) is 0 Å². The summed E-state index contributed by atoms with van der Waals surface area (Å²) >= 11 is 0. The fourth-order valence-electron chi connectivity index (χ4n) is 4.44. The fraction of sp³-hybridized carbons (Fsp3) is 0.391. The van der Waals surface area contributed by atoms with Gasteiger partial charge in [0, 0.05) is 25.2 Å². The average Bonchev–Trinajstić information content (AvgIpc) is 2.77. The van der Waals surface area contributed by atoms with E-state index < -0.39 is 5.97 Å². The Morgan fingerprint density at radius 2 is 1.69 bits per heavy atom. The first-order valence-electron chi connectivity index (χ1n) is 10.2. The van der Waals surface area contributed by atoms with E-state index in [0.717, 1.165) is 26.1 Å². The maximum Gasteiger partial charge on any atom is 0.336 e. The highest BCUT2D eigenvalue weighted by Gasteiger charge is 2.39. The first-order valence-corrected chi connectivity index (χ1v) is 10.2. The number of benzene rings is 2. The number of ether oxygens (including phenoxy) is 1. The molecule has 0 unspecified atom stereocenters. The number of likely N-dealkylation sites (N-methyl/N-ethyl adjacent to an activating group) is 1. The van der Waals surface area contributed by atoms with Crippen molar-refractivity contribution in [1.82, 2.24) is 9.80 Å². The lowest BCUT2D eigenvalue weighted by molar-refractivity contribution is -0.0895. The number of carboxylic acid groups (broad SMARTS) is 1. The van der Waals surface area contributed by atoms with Crippen molar-refractivity contribution in [3.05, 3.63) is 59.7 Å². The zero-order valence-corrected chi connectivity index (χ0v) is 16.6. The Morgan fingerprint density at radius 1 is 1.03 bits per heavy atom. The van der Waals surface area contributed by atoms with E-state index in [1.54, 1.807) is 30.3 Å². The quantitative estimate of drug-likeness (QED) is 0.863. The van der Waals surface area contributed by atoms with Gasteiger partial charge >= 0.3 is 5.97 Å². The lowest BCUT2D eigenvalue weighted by Gasteiger charge is -2.47. The molecule has 4 rings (SSSR count). The van der Waals surface area contributed by atoms with Gasteiger partial charge in [-0.15, -0.1) is 0 Å². The number of hydrogen-bond acceptors (Lipinski definition) is 4. The smallest absolute Gasteiger partial charge is 0.336 e. The number of piperidine rings is 1. The van der Waals surface area contributed by atoms with Gasteiger partial charge in [0.15, 0.2) is 0 Å². The van der Waals surface area contributed by atoms with E-state index in [-0.39, 0.29) is 23.6 Å². The van der Waals surface area contributed by atoms with Gasteiger partial charge in [0.25, 0.3) is 5.91 Å². The van der Waals surface area contributed by atoms with Crippen LogP contribution >= 0.6 is 0 Å². The number of carbonyl (C=O) groups is 2. The molecule has 6 heteroatoms. The molecule has 0 saturated carbocycles. The molecule has 0 aliphatic carbocycles. The Labute approximate surface area is 170 Å². The molecule has 2 fully saturated rings. The Bertz CT molecular complexity index is 913. The summed E-state index contributed by atoms with van der Waals surface area (Å²) in [6.45, 7) is 5.96. The molecule has 1 amide bonds. The Morgan fingerprint density at radius 3 is 2.38 bits per heavy atom. The number of rotatable bonds is 4. The summed E-state index contributed by atoms with van der Waals surface area (Å²) < 4.78 is 5.96. The molecular weight excluding hydrogens is 368 g/mol. The summed E-state index contributed by atoms with van der Waals surface area (Å²) in [4.78, 5) is 29.6. The summed E-state index contributed by atoms with van der Waals surface area (Å²) in [5.74, 6) is -1.06. The third kappa shape index (κ3) is 3.78. The first kappa shape index (κ1) is 19.6. The van der Waals surface area contributed by atoms with Crippen LogP contribution in [-0.2, 0) is 4.74 Å². The van der Waals surface area contributed by atoms with Crippen LogP contribution in [-0.4, -0.2) is 71.7 Å². The second-order valence-electron chi connectivity index (χ2n) is 7.55. The van der Waals surface area contributed by atoms with Crippen LogP contribution in [0.5, 0.6) is 0 Å². The second-order valence-corrected chi connectivity index (χ2v) is 7.55. The molecule has 1 N–H and O–H groups in total. The largest absolute Gasteiger partial charge is 0.478 e. The lowest BCUT2D eigenvalue weighted by Crippen LogP contribution is -2.61. The van der Waals surface area contributed by atoms with Gasteiger partial charge in [0.1, 0.15) is 0 Å². The van der Waals surface area contributed by atoms with E-state index in [4.69, 9.17) is 4.74 Å². The van der Waals surface area contributed by atoms with Crippen LogP contribution in [0.4, 0.5) is 0 Å². The summed E-state index contributed by atoms with van der Waals surface area (Å²) in [7, 11) is 0. The molecule has 2 heterocycles. The molecule has 2 aromatic carbocycles. The van der Waals surface area contributed by atoms with Crippen LogP contribution < -0.4 is 0 Å². The van der Waals surface area contributed by atoms with Crippen LogP contribution in [0.3, 0.4) is 0 Å². The number of morpholine rings is 1. The molecule has 2 aromatic rings. The van der Waals surface area contributed by atoms with Gasteiger partial charge < -0.3 is 19.6 Å². The van der Waals surface area contributed by atoms with Crippen LogP contribution in [0.1, 0.15) is 34.1 Å². The summed E-state index contributed by atoms with van der Waals surface area (Å²) in [5, 5.41) is 9.60. The predicted molar refractivity (Wildman–Crippen MR) is 110 cm³/mol. The topological polar surface area (TPSA) is 70.1 Å². The maximum absolute atomic E-state index is 13.6. The maximum atomic E-state index is 13.6. The molecule has 0 radical (unpaired) electrons. The van der Waals surface area contributed by atoms with Crippen molar-refractivity contribution in [3.8, 4) is 11.1 Å². The zero-order valence-electron chi connectivity index (χ0n) is 16.6. The molecule has 2 atom stereocenters. The standard InChI is InChI=1S/C23H26N2O4/c1-2-24-12-11-21-20(15-24)25(13-14-29-21)22(26)18-9-5-3-7-16(18)17-8-4-6-10-19(17)23(27)28/h3-10,20-21H,2,11-15H2,1H3,(H,27,28)/t20-,21+/m0/s1. The lowest BCUT2D eigenvalue weighted by atomic mass is 9.93. The number of carboxylic acids is 1. The number of hydrogen-bond donors (Lipinski definition) is 1. The van der Waals surface area contributed by atoms with E-state index >= 15 is 0 Å². The predicted octanol–water partition coefficient (Wildman–Crippen LogP) is 2.99. The molecule has 2 saturated heterocycles. The molecule has 29 heavy (non-hydrogen) atoms. The van der Waals surface area contributed by atoms with Crippen molar-refractivity contribution in [2.24, 2.45) is 0 Å². The molecular formula is C23H26N2O4. The highest BCUT2D eigenvalue weighted by molar-refractivity contribution is 6.04. The number of amides is 1. The van der Waals surface area contributed by atoms with E-state index in [1.165, 1.54) is 0 Å². The Kier molecular flexibility index (Phi) is 5.65. The van der Waals surface area contributed by atoms with E-state index in [1.807, 2.05) is 23.1 Å². The van der Waals surface area contributed by atoms with Gasteiger partial charge in [-0.3, -0.25) is 4.79 Å². The van der Waals surface area contributed by atoms with Crippen LogP contribution in [0.25, 0.3) is 11.1 Å². The minimum Gasteiger partial charge on any atom is -0.478 e. The molecule has 0 bridgehead atoms. The van der Waals surface area contributed by atoms with Gasteiger partial charge in [-0.2, -0.15) is 0 Å². The number of likely N-dealkylation sites (tertiary alicyclic amines) is 1. The number of nitrogens with zero attached hydrogens (tertiary/aromatic N) is 2. The zero-order chi connectivity index (χ0) is 20.4. The van der Waals surface area contributed by atoms with Gasteiger partial charge in [-0.05, 0) is 36.2 Å². The average molecular weight is 394 g/mol. The van der Waals surface area contributed by atoms with Crippen molar-refractivity contribution in [2.75, 3.05) is 32.8 Å². The molecule has 0 aromatic heterocycles. The summed E-state index contributed by atoms with van der Waals surface area (Å²) in [6, 6.07) is 14.1. The summed E-state index contributed by atoms with van der Waals surface area (Å²) in [6.07, 6.45) is 0.986. The van der Waals surface area contributed by atoms with E-state index in [0.29, 0.717) is 29.8 Å². The number of carbonyl (C=O) groups excluding carboxylic acids is 1. The monoisotopic (exact) mass is 394 g/mol. The van der Waals surface area contributed by atoms with Crippen molar-refractivity contribution in [2.45, 2.75) is 25.5 Å².